The standard InChI is InChI=1S/C45H72N16O8S.C2HF3O2/c1-70-23-19-34(61-43(69)35(25-29-14-6-3-7-15-29)57-37(63)27-55-36(62)26-56-39(65)30(47)24-28-12-4-2-5-13-28)42(68)60-33(18-11-22-54-45(51)52)41(67)59-32(17-10-21-53-44(49)50)40(66)58-31(38(48)64)16-8-9-20-46;3-2(4,5)1(6)7/h2-7,12-15,30-35H,8-11,16-27,46-47H2,1H3,(H2,48,64)(H,55,62)(H,56,65)(H,57,63)(H,58,66)(H,59,67)(H,60,68)(H,61,69)(H4,49,50,53)(H4,51,52,54);(H,6,7)/t30-,31-,32-,33-,34-,35-;/m0./s1. The maximum Gasteiger partial charge on any atom is 0.490 e. The fourth-order valence-electron chi connectivity index (χ4n) is 6.72. The Morgan fingerprint density at radius 1 is 0.558 bits per heavy atom. The third kappa shape index (κ3) is 30.4. The number of thioether (sulfide) groups is 1. The third-order valence-corrected chi connectivity index (χ3v) is 11.3. The van der Waals surface area contributed by atoms with Gasteiger partial charge in [0.15, 0.2) is 11.9 Å². The maximum atomic E-state index is 14.2. The normalized spacial score (nSPS) is 13.1. The molecule has 26 nitrogen and oxygen atoms in total. The number of nitrogens with one attached hydrogen (secondary N) is 7. The molecule has 22 N–H and O–H groups in total. The monoisotopic (exact) mass is 1110 g/mol. The highest BCUT2D eigenvalue weighted by molar-refractivity contribution is 7.98. The molecule has 428 valence electrons. The Balaban J connectivity index is 0.00000394. The summed E-state index contributed by atoms with van der Waals surface area (Å²) in [5, 5.41) is 25.3. The number of aliphatic carboxylic acids is 1. The molecule has 0 aliphatic rings. The third-order valence-electron chi connectivity index (χ3n) is 10.7. The van der Waals surface area contributed by atoms with Crippen molar-refractivity contribution in [1.29, 1.82) is 0 Å². The molecule has 0 aliphatic carbocycles. The summed E-state index contributed by atoms with van der Waals surface area (Å²) in [6.45, 7) is -0.454. The molecule has 77 heavy (non-hydrogen) atoms. The van der Waals surface area contributed by atoms with Gasteiger partial charge in [-0.1, -0.05) is 60.7 Å². The molecule has 0 aromatic heterocycles. The molecule has 8 amide bonds. The Bertz CT molecular complexity index is 2260. The lowest BCUT2D eigenvalue weighted by Gasteiger charge is -2.27. The van der Waals surface area contributed by atoms with Gasteiger partial charge in [0.1, 0.15) is 30.2 Å². The predicted molar refractivity (Wildman–Crippen MR) is 283 cm³/mol. The molecular formula is C47H73F3N16O10S. The number of benzene rings is 2. The smallest absolute Gasteiger partial charge is 0.475 e. The van der Waals surface area contributed by atoms with Gasteiger partial charge in [0, 0.05) is 19.5 Å². The number of carboxylic acid groups (broad SMARTS) is 1. The highest BCUT2D eigenvalue weighted by Gasteiger charge is 2.38. The highest BCUT2D eigenvalue weighted by Crippen LogP contribution is 2.13. The summed E-state index contributed by atoms with van der Waals surface area (Å²) in [6.07, 6.45) is -1.25. The van der Waals surface area contributed by atoms with Crippen molar-refractivity contribution in [3.8, 4) is 0 Å². The van der Waals surface area contributed by atoms with Crippen LogP contribution in [0.15, 0.2) is 70.6 Å². The minimum absolute atomic E-state index is 0.00925. The fraction of sp³-hybridized carbons (Fsp3) is 0.511. The average Bonchev–Trinajstić information content (AvgIpc) is 3.37. The fourth-order valence-corrected chi connectivity index (χ4v) is 7.19. The second kappa shape index (κ2) is 37.1. The van der Waals surface area contributed by atoms with Crippen molar-refractivity contribution < 1.29 is 61.4 Å². The number of alkyl halides is 3. The van der Waals surface area contributed by atoms with Gasteiger partial charge in [-0.2, -0.15) is 24.9 Å². The number of hydrogen-bond donors (Lipinski definition) is 15. The van der Waals surface area contributed by atoms with E-state index >= 15 is 0 Å². The van der Waals surface area contributed by atoms with E-state index in [0.29, 0.717) is 30.7 Å². The Morgan fingerprint density at radius 2 is 0.974 bits per heavy atom. The van der Waals surface area contributed by atoms with E-state index < -0.39 is 109 Å². The number of rotatable bonds is 34. The maximum absolute atomic E-state index is 14.2. The number of halogens is 3. The number of unbranched alkanes of at least 4 members (excludes halogenated alkanes) is 1. The van der Waals surface area contributed by atoms with Crippen molar-refractivity contribution in [2.75, 3.05) is 44.7 Å². The molecule has 2 rings (SSSR count). The first kappa shape index (κ1) is 67.3. The molecule has 0 saturated carbocycles. The number of carbonyl (C=O) groups excluding carboxylic acids is 8. The van der Waals surface area contributed by atoms with Crippen LogP contribution in [0.3, 0.4) is 0 Å². The van der Waals surface area contributed by atoms with Crippen molar-refractivity contribution >= 4 is 76.9 Å². The Labute approximate surface area is 447 Å². The van der Waals surface area contributed by atoms with Gasteiger partial charge in [0.2, 0.25) is 47.3 Å². The van der Waals surface area contributed by atoms with Gasteiger partial charge in [0.25, 0.3) is 0 Å². The van der Waals surface area contributed by atoms with Crippen LogP contribution in [0.25, 0.3) is 0 Å². The minimum Gasteiger partial charge on any atom is -0.475 e. The molecule has 30 heteroatoms. The molecule has 0 radical (unpaired) electrons. The van der Waals surface area contributed by atoms with Crippen LogP contribution in [-0.2, 0) is 56.0 Å². The molecule has 2 aromatic rings. The Kier molecular flexibility index (Phi) is 32.4. The largest absolute Gasteiger partial charge is 0.490 e. The van der Waals surface area contributed by atoms with Gasteiger partial charge in [-0.25, -0.2) is 4.79 Å². The molecule has 0 spiro atoms. The van der Waals surface area contributed by atoms with Crippen molar-refractivity contribution in [2.45, 2.75) is 107 Å². The number of nitrogens with zero attached hydrogens (tertiary/aromatic N) is 2. The lowest BCUT2D eigenvalue weighted by atomic mass is 10.0. The van der Waals surface area contributed by atoms with Crippen molar-refractivity contribution in [1.82, 2.24) is 37.2 Å². The van der Waals surface area contributed by atoms with Gasteiger partial charge in [-0.05, 0) is 87.5 Å². The van der Waals surface area contributed by atoms with E-state index in [0.717, 1.165) is 5.56 Å². The van der Waals surface area contributed by atoms with Gasteiger partial charge in [0.05, 0.1) is 19.1 Å². The van der Waals surface area contributed by atoms with E-state index in [4.69, 9.17) is 50.0 Å². The van der Waals surface area contributed by atoms with Gasteiger partial charge in [-0.15, -0.1) is 0 Å². The van der Waals surface area contributed by atoms with Crippen LogP contribution >= 0.6 is 11.8 Å². The zero-order chi connectivity index (χ0) is 57.9. The molecule has 6 atom stereocenters. The second-order valence-corrected chi connectivity index (χ2v) is 18.0. The van der Waals surface area contributed by atoms with Crippen molar-refractivity contribution in [2.24, 2.45) is 50.1 Å². The summed E-state index contributed by atoms with van der Waals surface area (Å²) in [5.74, 6) is -8.51. The van der Waals surface area contributed by atoms with Crippen LogP contribution in [0.1, 0.15) is 62.5 Å². The Morgan fingerprint density at radius 3 is 1.40 bits per heavy atom. The number of nitrogens with two attached hydrogens (primary N) is 7. The molecule has 0 fully saturated rings. The molecule has 0 bridgehead atoms. The van der Waals surface area contributed by atoms with Crippen LogP contribution in [0, 0.1) is 0 Å². The molecule has 0 heterocycles. The number of carbonyl (C=O) groups is 9. The van der Waals surface area contributed by atoms with E-state index in [-0.39, 0.29) is 76.4 Å². The molecule has 0 saturated heterocycles. The molecule has 0 aliphatic heterocycles. The van der Waals surface area contributed by atoms with Crippen LogP contribution < -0.4 is 77.4 Å². The van der Waals surface area contributed by atoms with Gasteiger partial charge < -0.3 is 82.5 Å². The number of amides is 8. The SMILES string of the molecule is CSCC[C@H](NC(=O)[C@H](Cc1ccccc1)NC(=O)CNC(=O)CNC(=O)[C@@H](N)Cc1ccccc1)C(=O)N[C@@H](CCCN=C(N)N)C(=O)N[C@@H](CCCN=C(N)N)C(=O)N[C@@H](CCCCN)C(N)=O.O=C(O)C(F)(F)F. The minimum atomic E-state index is -5.08. The van der Waals surface area contributed by atoms with Gasteiger partial charge >= 0.3 is 12.1 Å². The van der Waals surface area contributed by atoms with Gasteiger partial charge in [-0.3, -0.25) is 48.3 Å². The summed E-state index contributed by atoms with van der Waals surface area (Å²) < 4.78 is 31.7. The summed E-state index contributed by atoms with van der Waals surface area (Å²) in [4.78, 5) is 123. The van der Waals surface area contributed by atoms with E-state index in [1.807, 2.05) is 30.3 Å². The summed E-state index contributed by atoms with van der Waals surface area (Å²) in [6, 6.07) is 10.9. The first-order chi connectivity index (χ1) is 36.4. The van der Waals surface area contributed by atoms with Crippen LogP contribution in [0.5, 0.6) is 0 Å². The first-order valence-corrected chi connectivity index (χ1v) is 25.6. The number of primary amides is 1. The number of hydrogen-bond acceptors (Lipinski definition) is 14. The molecule has 0 unspecified atom stereocenters. The lowest BCUT2D eigenvalue weighted by molar-refractivity contribution is -0.192. The Hall–Kier alpha value is -7.73. The lowest BCUT2D eigenvalue weighted by Crippen LogP contribution is -2.59. The van der Waals surface area contributed by atoms with E-state index in [1.54, 1.807) is 36.6 Å². The zero-order valence-electron chi connectivity index (χ0n) is 42.7. The summed E-state index contributed by atoms with van der Waals surface area (Å²) >= 11 is 1.39. The molecule has 2 aromatic carbocycles. The quantitative estimate of drug-likeness (QED) is 0.0184. The van der Waals surface area contributed by atoms with Crippen LogP contribution in [0.4, 0.5) is 13.2 Å². The number of carboxylic acids is 1. The average molecular weight is 1110 g/mol. The number of aliphatic imine (C=N–C) groups is 2. The van der Waals surface area contributed by atoms with E-state index in [2.05, 4.69) is 47.2 Å². The van der Waals surface area contributed by atoms with Crippen molar-refractivity contribution in [3.05, 3.63) is 71.8 Å². The van der Waals surface area contributed by atoms with E-state index in [1.165, 1.54) is 11.8 Å². The summed E-state index contributed by atoms with van der Waals surface area (Å²) in [7, 11) is 0. The zero-order valence-corrected chi connectivity index (χ0v) is 43.5. The summed E-state index contributed by atoms with van der Waals surface area (Å²) in [5.41, 5.74) is 40.6. The van der Waals surface area contributed by atoms with Crippen LogP contribution in [0.2, 0.25) is 0 Å². The van der Waals surface area contributed by atoms with Crippen LogP contribution in [-0.4, -0.2) is 157 Å². The molecular weight excluding hydrogens is 1040 g/mol. The van der Waals surface area contributed by atoms with Crippen molar-refractivity contribution in [3.63, 3.8) is 0 Å². The number of guanidine groups is 2. The predicted octanol–water partition coefficient (Wildman–Crippen LogP) is -3.44. The topological polar surface area (TPSA) is 465 Å². The highest BCUT2D eigenvalue weighted by atomic mass is 32.2. The second-order valence-electron chi connectivity index (χ2n) is 17.0. The van der Waals surface area contributed by atoms with E-state index in [9.17, 15) is 51.5 Å². The first-order valence-electron chi connectivity index (χ1n) is 24.2.